The first-order valence-electron chi connectivity index (χ1n) is 6.29. The molecule has 19 heavy (non-hydrogen) atoms. The van der Waals surface area contributed by atoms with Gasteiger partial charge in [0.2, 0.25) is 0 Å². The molecule has 0 saturated heterocycles. The molecule has 2 aromatic rings. The van der Waals surface area contributed by atoms with Crippen LogP contribution in [0.25, 0.3) is 0 Å². The van der Waals surface area contributed by atoms with Crippen LogP contribution in [0.5, 0.6) is 0 Å². The zero-order valence-corrected chi connectivity index (χ0v) is 13.4. The Hall–Kier alpha value is -0.840. The van der Waals surface area contributed by atoms with Gasteiger partial charge in [0.1, 0.15) is 0 Å². The van der Waals surface area contributed by atoms with Gasteiger partial charge in [-0.3, -0.25) is 4.68 Å². The van der Waals surface area contributed by atoms with Gasteiger partial charge in [0, 0.05) is 24.7 Å². The fraction of sp³-hybridized carbons (Fsp3) is 0.357. The van der Waals surface area contributed by atoms with Crippen LogP contribution in [0.4, 0.5) is 0 Å². The Labute approximate surface area is 127 Å². The van der Waals surface area contributed by atoms with Crippen molar-refractivity contribution < 1.29 is 0 Å². The van der Waals surface area contributed by atoms with E-state index in [-0.39, 0.29) is 0 Å². The second-order valence-electron chi connectivity index (χ2n) is 4.36. The predicted octanol–water partition coefficient (Wildman–Crippen LogP) is 3.92. The Morgan fingerprint density at radius 3 is 2.74 bits per heavy atom. The molecular formula is C14H17BrClN3. The van der Waals surface area contributed by atoms with Gasteiger partial charge in [-0.2, -0.15) is 5.10 Å². The summed E-state index contributed by atoms with van der Waals surface area (Å²) in [6.07, 6.45) is 0. The molecule has 0 saturated carbocycles. The Kier molecular flexibility index (Phi) is 5.02. The van der Waals surface area contributed by atoms with E-state index in [1.54, 1.807) is 0 Å². The summed E-state index contributed by atoms with van der Waals surface area (Å²) in [6.45, 7) is 6.49. The van der Waals surface area contributed by atoms with Crippen LogP contribution in [0, 0.1) is 6.92 Å². The van der Waals surface area contributed by atoms with Crippen LogP contribution in [-0.2, 0) is 19.6 Å². The quantitative estimate of drug-likeness (QED) is 0.892. The summed E-state index contributed by atoms with van der Waals surface area (Å²) in [4.78, 5) is 0. The van der Waals surface area contributed by atoms with Crippen LogP contribution < -0.4 is 5.32 Å². The number of nitrogens with one attached hydrogen (secondary N) is 1. The zero-order valence-electron chi connectivity index (χ0n) is 11.1. The number of nitrogens with zero attached hydrogens (tertiary/aromatic N) is 2. The molecule has 1 aromatic carbocycles. The van der Waals surface area contributed by atoms with Gasteiger partial charge in [-0.25, -0.2) is 0 Å². The summed E-state index contributed by atoms with van der Waals surface area (Å²) in [5, 5.41) is 8.69. The molecule has 0 bridgehead atoms. The largest absolute Gasteiger partial charge is 0.307 e. The third-order valence-electron chi connectivity index (χ3n) is 3.02. The van der Waals surface area contributed by atoms with Gasteiger partial charge >= 0.3 is 0 Å². The lowest BCUT2D eigenvalue weighted by molar-refractivity contribution is 0.578. The van der Waals surface area contributed by atoms with E-state index in [0.717, 1.165) is 40.4 Å². The molecular weight excluding hydrogens is 326 g/mol. The number of halogens is 2. The summed E-state index contributed by atoms with van der Waals surface area (Å²) < 4.78 is 3.10. The monoisotopic (exact) mass is 341 g/mol. The maximum absolute atomic E-state index is 6.13. The van der Waals surface area contributed by atoms with Gasteiger partial charge in [0.15, 0.2) is 0 Å². The highest BCUT2D eigenvalue weighted by Gasteiger charge is 2.11. The summed E-state index contributed by atoms with van der Waals surface area (Å²) >= 11 is 9.73. The minimum atomic E-state index is 0.750. The van der Waals surface area contributed by atoms with Crippen LogP contribution >= 0.6 is 27.5 Å². The number of aryl methyl sites for hydroxylation is 2. The number of benzene rings is 1. The molecule has 2 rings (SSSR count). The molecule has 1 heterocycles. The smallest absolute Gasteiger partial charge is 0.0739 e. The lowest BCUT2D eigenvalue weighted by Gasteiger charge is -2.08. The van der Waals surface area contributed by atoms with Gasteiger partial charge in [-0.15, -0.1) is 0 Å². The van der Waals surface area contributed by atoms with Crippen molar-refractivity contribution in [1.29, 1.82) is 0 Å². The van der Waals surface area contributed by atoms with E-state index < -0.39 is 0 Å². The first kappa shape index (κ1) is 14.6. The number of hydrogen-bond donors (Lipinski definition) is 1. The normalized spacial score (nSPS) is 10.9. The molecule has 0 aliphatic heterocycles. The van der Waals surface area contributed by atoms with Crippen molar-refractivity contribution >= 4 is 27.5 Å². The van der Waals surface area contributed by atoms with Gasteiger partial charge in [-0.1, -0.05) is 29.8 Å². The first-order valence-corrected chi connectivity index (χ1v) is 7.46. The SMILES string of the molecule is CCn1nc(C)c(Br)c1CNCc1ccccc1Cl. The minimum absolute atomic E-state index is 0.750. The molecule has 3 nitrogen and oxygen atoms in total. The molecule has 1 N–H and O–H groups in total. The lowest BCUT2D eigenvalue weighted by atomic mass is 10.2. The maximum Gasteiger partial charge on any atom is 0.0739 e. The molecule has 0 aliphatic carbocycles. The van der Waals surface area contributed by atoms with Gasteiger partial charge in [-0.05, 0) is 41.4 Å². The minimum Gasteiger partial charge on any atom is -0.307 e. The number of rotatable bonds is 5. The fourth-order valence-corrected chi connectivity index (χ4v) is 2.62. The van der Waals surface area contributed by atoms with Crippen LogP contribution in [0.1, 0.15) is 23.9 Å². The van der Waals surface area contributed by atoms with Gasteiger partial charge < -0.3 is 5.32 Å². The Balaban J connectivity index is 2.02. The highest BCUT2D eigenvalue weighted by Crippen LogP contribution is 2.21. The average Bonchev–Trinajstić information content (AvgIpc) is 2.68. The zero-order chi connectivity index (χ0) is 13.8. The standard InChI is InChI=1S/C14H17BrClN3/c1-3-19-13(14(15)10(2)18-19)9-17-8-11-6-4-5-7-12(11)16/h4-7,17H,3,8-9H2,1-2H3. The van der Waals surface area contributed by atoms with Crippen molar-refractivity contribution in [2.75, 3.05) is 0 Å². The molecule has 0 atom stereocenters. The molecule has 0 unspecified atom stereocenters. The maximum atomic E-state index is 6.13. The van der Waals surface area contributed by atoms with Gasteiger partial charge in [0.05, 0.1) is 15.9 Å². The Morgan fingerprint density at radius 1 is 1.32 bits per heavy atom. The van der Waals surface area contributed by atoms with E-state index in [2.05, 4.69) is 33.3 Å². The highest BCUT2D eigenvalue weighted by atomic mass is 79.9. The molecule has 0 radical (unpaired) electrons. The molecule has 0 spiro atoms. The Morgan fingerprint density at radius 2 is 2.05 bits per heavy atom. The lowest BCUT2D eigenvalue weighted by Crippen LogP contribution is -2.16. The summed E-state index contributed by atoms with van der Waals surface area (Å²) in [5.74, 6) is 0. The van der Waals surface area contributed by atoms with E-state index in [1.807, 2.05) is 35.9 Å². The van der Waals surface area contributed by atoms with Crippen LogP contribution in [-0.4, -0.2) is 9.78 Å². The Bertz CT molecular complexity index is 566. The van der Waals surface area contributed by atoms with Crippen molar-refractivity contribution in [2.24, 2.45) is 0 Å². The van der Waals surface area contributed by atoms with E-state index in [4.69, 9.17) is 11.6 Å². The van der Waals surface area contributed by atoms with Crippen molar-refractivity contribution in [3.63, 3.8) is 0 Å². The highest BCUT2D eigenvalue weighted by molar-refractivity contribution is 9.10. The summed E-state index contributed by atoms with van der Waals surface area (Å²) in [6, 6.07) is 7.89. The van der Waals surface area contributed by atoms with Crippen LogP contribution in [0.3, 0.4) is 0 Å². The van der Waals surface area contributed by atoms with E-state index in [9.17, 15) is 0 Å². The molecule has 0 amide bonds. The molecule has 1 aromatic heterocycles. The molecule has 102 valence electrons. The van der Waals surface area contributed by atoms with Crippen molar-refractivity contribution in [2.45, 2.75) is 33.5 Å². The molecule has 0 aliphatic rings. The number of hydrogen-bond acceptors (Lipinski definition) is 2. The second kappa shape index (κ2) is 6.55. The third-order valence-corrected chi connectivity index (χ3v) is 4.42. The topological polar surface area (TPSA) is 29.9 Å². The molecule has 5 heteroatoms. The average molecular weight is 343 g/mol. The van der Waals surface area contributed by atoms with Crippen molar-refractivity contribution in [3.05, 3.63) is 50.7 Å². The van der Waals surface area contributed by atoms with Gasteiger partial charge in [0.25, 0.3) is 0 Å². The summed E-state index contributed by atoms with van der Waals surface area (Å²) in [7, 11) is 0. The van der Waals surface area contributed by atoms with Crippen LogP contribution in [0.15, 0.2) is 28.7 Å². The van der Waals surface area contributed by atoms with Crippen molar-refractivity contribution in [3.8, 4) is 0 Å². The number of aromatic nitrogens is 2. The van der Waals surface area contributed by atoms with E-state index >= 15 is 0 Å². The fourth-order valence-electron chi connectivity index (χ4n) is 2.00. The predicted molar refractivity (Wildman–Crippen MR) is 82.3 cm³/mol. The first-order chi connectivity index (χ1) is 9.13. The van der Waals surface area contributed by atoms with E-state index in [0.29, 0.717) is 0 Å². The third kappa shape index (κ3) is 3.38. The molecule has 0 fully saturated rings. The second-order valence-corrected chi connectivity index (χ2v) is 5.56. The van der Waals surface area contributed by atoms with Crippen LogP contribution in [0.2, 0.25) is 5.02 Å². The van der Waals surface area contributed by atoms with E-state index in [1.165, 1.54) is 5.69 Å². The van der Waals surface area contributed by atoms with Crippen molar-refractivity contribution in [1.82, 2.24) is 15.1 Å². The summed E-state index contributed by atoms with van der Waals surface area (Å²) in [5.41, 5.74) is 3.31.